The quantitative estimate of drug-likeness (QED) is 0.347. The highest BCUT2D eigenvalue weighted by Crippen LogP contribution is 2.29. The van der Waals surface area contributed by atoms with Gasteiger partial charge in [-0.25, -0.2) is 13.4 Å². The van der Waals surface area contributed by atoms with Crippen LogP contribution in [0.25, 0.3) is 16.7 Å². The molecule has 0 aliphatic heterocycles. The lowest BCUT2D eigenvalue weighted by Gasteiger charge is -2.30. The Morgan fingerprint density at radius 2 is 1.78 bits per heavy atom. The number of aromatic nitrogens is 3. The Bertz CT molecular complexity index is 1430. The molecule has 1 aromatic carbocycles. The molecule has 1 saturated carbocycles. The minimum absolute atomic E-state index is 0.0771. The van der Waals surface area contributed by atoms with E-state index in [0.717, 1.165) is 36.6 Å². The van der Waals surface area contributed by atoms with Crippen LogP contribution in [0.1, 0.15) is 32.1 Å². The first-order valence-corrected chi connectivity index (χ1v) is 15.7. The van der Waals surface area contributed by atoms with Gasteiger partial charge >= 0.3 is 0 Å². The lowest BCUT2D eigenvalue weighted by atomic mass is 9.92. The van der Waals surface area contributed by atoms with Gasteiger partial charge in [0.15, 0.2) is 0 Å². The summed E-state index contributed by atoms with van der Waals surface area (Å²) in [7, 11) is -3.42. The maximum atomic E-state index is 12.1. The first-order valence-electron chi connectivity index (χ1n) is 12.2. The van der Waals surface area contributed by atoms with Crippen molar-refractivity contribution in [2.24, 2.45) is 0 Å². The van der Waals surface area contributed by atoms with E-state index >= 15 is 0 Å². The largest absolute Gasteiger partial charge is 0.493 e. The van der Waals surface area contributed by atoms with Gasteiger partial charge in [-0.15, -0.1) is 0 Å². The summed E-state index contributed by atoms with van der Waals surface area (Å²) in [4.78, 5) is 9.09. The minimum Gasteiger partial charge on any atom is -0.493 e. The number of hydrogen-bond acceptors (Lipinski definition) is 8. The Labute approximate surface area is 218 Å². The Balaban J connectivity index is 1.40. The van der Waals surface area contributed by atoms with Crippen molar-refractivity contribution >= 4 is 36.9 Å². The van der Waals surface area contributed by atoms with Gasteiger partial charge in [-0.1, -0.05) is 6.07 Å². The van der Waals surface area contributed by atoms with Crippen molar-refractivity contribution in [2.45, 2.75) is 44.2 Å². The molecule has 0 atom stereocenters. The third kappa shape index (κ3) is 7.18. The molecule has 11 nitrogen and oxygen atoms in total. The molecule has 0 unspecified atom stereocenters. The van der Waals surface area contributed by atoms with Crippen molar-refractivity contribution in [2.75, 3.05) is 38.0 Å². The fourth-order valence-corrected chi connectivity index (χ4v) is 5.89. The highest BCUT2D eigenvalue weighted by atomic mass is 32.2. The fourth-order valence-electron chi connectivity index (χ4n) is 4.38. The molecule has 1 aliphatic rings. The molecule has 1 aliphatic carbocycles. The molecule has 0 spiro atoms. The van der Waals surface area contributed by atoms with E-state index in [1.165, 1.54) is 24.7 Å². The number of hydrogen-bond donors (Lipinski definition) is 2. The Morgan fingerprint density at radius 3 is 2.49 bits per heavy atom. The van der Waals surface area contributed by atoms with Crippen LogP contribution in [0.3, 0.4) is 0 Å². The first kappa shape index (κ1) is 27.3. The van der Waals surface area contributed by atoms with Gasteiger partial charge in [0.05, 0.1) is 17.9 Å². The van der Waals surface area contributed by atoms with Crippen molar-refractivity contribution in [3.8, 4) is 11.6 Å². The number of anilines is 1. The van der Waals surface area contributed by atoms with Crippen molar-refractivity contribution in [1.82, 2.24) is 23.6 Å². The molecular formula is C24H34N6O5S2. The molecule has 2 heterocycles. The molecule has 37 heavy (non-hydrogen) atoms. The standard InChI is InChI=1S/C24H34N6O5S2/c1-29(2)37(33,34)28-19-10-8-18(9-11-19)26-24-25-14-12-23(27-24)30-15-13-20-21(30)6-4-7-22(20)35-16-5-17-36(3,31)32/h4,6-7,12-15,18-19,28H,5,8-11,16-17H2,1-3H3,(H,25,26,27). The Morgan fingerprint density at radius 1 is 1.05 bits per heavy atom. The maximum absolute atomic E-state index is 12.1. The number of ether oxygens (including phenoxy) is 1. The zero-order valence-electron chi connectivity index (χ0n) is 21.3. The molecule has 3 aromatic rings. The SMILES string of the molecule is CN(C)S(=O)(=O)NC1CCC(Nc2nccc(-n3ccc4c(OCCCS(C)(=O)=O)cccc43)n2)CC1. The molecule has 1 fully saturated rings. The van der Waals surface area contributed by atoms with E-state index in [1.54, 1.807) is 6.20 Å². The summed E-state index contributed by atoms with van der Waals surface area (Å²) in [5.41, 5.74) is 0.916. The average Bonchev–Trinajstić information content (AvgIpc) is 3.27. The fraction of sp³-hybridized carbons (Fsp3) is 0.500. The van der Waals surface area contributed by atoms with E-state index in [9.17, 15) is 16.8 Å². The Hall–Kier alpha value is -2.74. The smallest absolute Gasteiger partial charge is 0.279 e. The third-order valence-corrected chi connectivity index (χ3v) is 8.98. The summed E-state index contributed by atoms with van der Waals surface area (Å²) in [5, 5.41) is 4.31. The van der Waals surface area contributed by atoms with Crippen LogP contribution in [0, 0.1) is 0 Å². The number of rotatable bonds is 11. The molecule has 0 radical (unpaired) electrons. The number of sulfone groups is 1. The summed E-state index contributed by atoms with van der Waals surface area (Å²) >= 11 is 0. The highest BCUT2D eigenvalue weighted by Gasteiger charge is 2.26. The highest BCUT2D eigenvalue weighted by molar-refractivity contribution is 7.90. The van der Waals surface area contributed by atoms with Crippen LogP contribution in [-0.4, -0.2) is 80.5 Å². The molecule has 4 rings (SSSR count). The first-order chi connectivity index (χ1) is 17.5. The van der Waals surface area contributed by atoms with Crippen molar-refractivity contribution in [1.29, 1.82) is 0 Å². The van der Waals surface area contributed by atoms with Gasteiger partial charge in [0.25, 0.3) is 10.2 Å². The normalized spacial score (nSPS) is 18.8. The minimum atomic E-state index is -3.44. The second kappa shape index (κ2) is 11.3. The predicted octanol–water partition coefficient (Wildman–Crippen LogP) is 2.35. The molecule has 2 aromatic heterocycles. The van der Waals surface area contributed by atoms with Crippen LogP contribution in [0.15, 0.2) is 42.7 Å². The van der Waals surface area contributed by atoms with Gasteiger partial charge in [-0.3, -0.25) is 0 Å². The van der Waals surface area contributed by atoms with Gasteiger partial charge in [-0.05, 0) is 56.4 Å². The van der Waals surface area contributed by atoms with Gasteiger partial charge in [0, 0.05) is 50.2 Å². The number of nitrogens with one attached hydrogen (secondary N) is 2. The number of benzene rings is 1. The molecule has 202 valence electrons. The van der Waals surface area contributed by atoms with E-state index in [4.69, 9.17) is 9.72 Å². The molecule has 13 heteroatoms. The van der Waals surface area contributed by atoms with Gasteiger partial charge in [0.1, 0.15) is 21.4 Å². The zero-order chi connectivity index (χ0) is 26.6. The summed E-state index contributed by atoms with van der Waals surface area (Å²) in [6.07, 6.45) is 8.36. The molecule has 0 bridgehead atoms. The second-order valence-corrected chi connectivity index (χ2v) is 13.7. The van der Waals surface area contributed by atoms with Gasteiger partial charge in [0.2, 0.25) is 5.95 Å². The van der Waals surface area contributed by atoms with E-state index in [2.05, 4.69) is 15.0 Å². The van der Waals surface area contributed by atoms with Crippen LogP contribution in [-0.2, 0) is 20.0 Å². The summed E-state index contributed by atoms with van der Waals surface area (Å²) in [6.45, 7) is 0.317. The van der Waals surface area contributed by atoms with Crippen LogP contribution in [0.4, 0.5) is 5.95 Å². The van der Waals surface area contributed by atoms with Gasteiger partial charge in [-0.2, -0.15) is 22.4 Å². The van der Waals surface area contributed by atoms with E-state index in [1.807, 2.05) is 41.1 Å². The topological polar surface area (TPSA) is 136 Å². The van der Waals surface area contributed by atoms with E-state index < -0.39 is 20.0 Å². The van der Waals surface area contributed by atoms with Crippen molar-refractivity contribution in [3.05, 3.63) is 42.7 Å². The van der Waals surface area contributed by atoms with E-state index in [-0.39, 0.29) is 17.8 Å². The van der Waals surface area contributed by atoms with Crippen molar-refractivity contribution in [3.63, 3.8) is 0 Å². The lowest BCUT2D eigenvalue weighted by Crippen LogP contribution is -2.44. The monoisotopic (exact) mass is 550 g/mol. The maximum Gasteiger partial charge on any atom is 0.279 e. The average molecular weight is 551 g/mol. The van der Waals surface area contributed by atoms with Crippen LogP contribution in [0.5, 0.6) is 5.75 Å². The molecule has 0 amide bonds. The van der Waals surface area contributed by atoms with Crippen LogP contribution >= 0.6 is 0 Å². The van der Waals surface area contributed by atoms with Crippen LogP contribution < -0.4 is 14.8 Å². The van der Waals surface area contributed by atoms with Crippen molar-refractivity contribution < 1.29 is 21.6 Å². The number of fused-ring (bicyclic) bond motifs is 1. The summed E-state index contributed by atoms with van der Waals surface area (Å²) in [6, 6.07) is 9.60. The Kier molecular flexibility index (Phi) is 8.36. The molecule has 0 saturated heterocycles. The number of nitrogens with zero attached hydrogens (tertiary/aromatic N) is 4. The van der Waals surface area contributed by atoms with Crippen LogP contribution in [0.2, 0.25) is 0 Å². The predicted molar refractivity (Wildman–Crippen MR) is 144 cm³/mol. The molecule has 2 N–H and O–H groups in total. The molecular weight excluding hydrogens is 516 g/mol. The summed E-state index contributed by atoms with van der Waals surface area (Å²) in [5.74, 6) is 2.01. The van der Waals surface area contributed by atoms with Gasteiger partial charge < -0.3 is 14.6 Å². The van der Waals surface area contributed by atoms with E-state index in [0.29, 0.717) is 30.5 Å². The summed E-state index contributed by atoms with van der Waals surface area (Å²) < 4.78 is 58.6. The second-order valence-electron chi connectivity index (χ2n) is 9.54. The zero-order valence-corrected chi connectivity index (χ0v) is 22.9. The lowest BCUT2D eigenvalue weighted by molar-refractivity contribution is 0.321. The third-order valence-electron chi connectivity index (χ3n) is 6.35.